The minimum Gasteiger partial charge on any atom is -0.309 e. The van der Waals surface area contributed by atoms with Crippen molar-refractivity contribution < 1.29 is 0 Å². The molecule has 0 aromatic rings. The highest BCUT2D eigenvalue weighted by molar-refractivity contribution is 5.04. The van der Waals surface area contributed by atoms with Gasteiger partial charge in [0.25, 0.3) is 0 Å². The molecule has 24 heavy (non-hydrogen) atoms. The summed E-state index contributed by atoms with van der Waals surface area (Å²) in [5.41, 5.74) is 0. The van der Waals surface area contributed by atoms with Crippen molar-refractivity contribution >= 4 is 0 Å². The van der Waals surface area contributed by atoms with Crippen molar-refractivity contribution in [1.29, 1.82) is 0 Å². The molecule has 0 bridgehead atoms. The predicted molar refractivity (Wildman–Crippen MR) is 102 cm³/mol. The molecule has 4 rings (SSSR count). The monoisotopic (exact) mass is 332 g/mol. The maximum absolute atomic E-state index is 4.24. The zero-order valence-electron chi connectivity index (χ0n) is 15.9. The van der Waals surface area contributed by atoms with Gasteiger partial charge in [-0.3, -0.25) is 0 Å². The SMILES string of the molecule is CCCCC1CCC2CCC3CCC(C4CCCCC4)NC3C2N1. The van der Waals surface area contributed by atoms with Crippen LogP contribution in [0, 0.1) is 17.8 Å². The van der Waals surface area contributed by atoms with Gasteiger partial charge in [0.1, 0.15) is 0 Å². The van der Waals surface area contributed by atoms with Crippen LogP contribution in [0.4, 0.5) is 0 Å². The van der Waals surface area contributed by atoms with Crippen molar-refractivity contribution in [3.63, 3.8) is 0 Å². The summed E-state index contributed by atoms with van der Waals surface area (Å²) in [6.07, 6.45) is 20.5. The number of fused-ring (bicyclic) bond motifs is 3. The average molecular weight is 333 g/mol. The van der Waals surface area contributed by atoms with Crippen LogP contribution in [-0.4, -0.2) is 24.2 Å². The van der Waals surface area contributed by atoms with E-state index in [9.17, 15) is 0 Å². The molecule has 2 saturated heterocycles. The van der Waals surface area contributed by atoms with Crippen LogP contribution in [0.5, 0.6) is 0 Å². The first-order valence-electron chi connectivity index (χ1n) is 11.4. The van der Waals surface area contributed by atoms with E-state index in [0.717, 1.165) is 41.9 Å². The standard InChI is InChI=1S/C22H40N2/c1-2-3-9-19-14-12-17-10-11-18-13-15-20(16-7-5-4-6-8-16)24-22(18)21(17)23-19/h16-24H,2-15H2,1H3. The van der Waals surface area contributed by atoms with E-state index in [0.29, 0.717) is 0 Å². The number of rotatable bonds is 4. The number of hydrogen-bond acceptors (Lipinski definition) is 2. The molecule has 0 amide bonds. The van der Waals surface area contributed by atoms with E-state index < -0.39 is 0 Å². The van der Waals surface area contributed by atoms with Gasteiger partial charge >= 0.3 is 0 Å². The van der Waals surface area contributed by atoms with Crippen molar-refractivity contribution in [1.82, 2.24) is 10.6 Å². The van der Waals surface area contributed by atoms with Gasteiger partial charge in [-0.05, 0) is 75.5 Å². The molecule has 2 aliphatic carbocycles. The average Bonchev–Trinajstić information content (AvgIpc) is 2.66. The maximum Gasteiger partial charge on any atom is 0.0254 e. The lowest BCUT2D eigenvalue weighted by atomic mass is 9.66. The second-order valence-corrected chi connectivity index (χ2v) is 9.48. The Kier molecular flexibility index (Phi) is 5.84. The molecule has 138 valence electrons. The Morgan fingerprint density at radius 3 is 2.08 bits per heavy atom. The number of piperidine rings is 2. The molecule has 2 nitrogen and oxygen atoms in total. The summed E-state index contributed by atoms with van der Waals surface area (Å²) >= 11 is 0. The number of unbranched alkanes of at least 4 members (excludes halogenated alkanes) is 1. The van der Waals surface area contributed by atoms with Gasteiger partial charge in [0, 0.05) is 24.2 Å². The van der Waals surface area contributed by atoms with Crippen molar-refractivity contribution in [3.8, 4) is 0 Å². The quantitative estimate of drug-likeness (QED) is 0.755. The fraction of sp³-hybridized carbons (Fsp3) is 1.00. The second-order valence-electron chi connectivity index (χ2n) is 9.48. The van der Waals surface area contributed by atoms with E-state index in [-0.39, 0.29) is 0 Å². The first-order chi connectivity index (χ1) is 11.8. The van der Waals surface area contributed by atoms with Crippen LogP contribution < -0.4 is 10.6 Å². The molecule has 2 heterocycles. The van der Waals surface area contributed by atoms with E-state index in [1.165, 1.54) is 89.9 Å². The molecular formula is C22H40N2. The lowest BCUT2D eigenvalue weighted by Crippen LogP contribution is -2.66. The minimum absolute atomic E-state index is 0.783. The summed E-state index contributed by atoms with van der Waals surface area (Å²) in [4.78, 5) is 0. The Hall–Kier alpha value is -0.0800. The minimum atomic E-state index is 0.783. The maximum atomic E-state index is 4.24. The van der Waals surface area contributed by atoms with Crippen molar-refractivity contribution in [2.24, 2.45) is 17.8 Å². The van der Waals surface area contributed by atoms with Gasteiger partial charge in [-0.2, -0.15) is 0 Å². The molecule has 0 aromatic carbocycles. The lowest BCUT2D eigenvalue weighted by molar-refractivity contribution is 0.0482. The van der Waals surface area contributed by atoms with Gasteiger partial charge in [0.2, 0.25) is 0 Å². The molecule has 2 aliphatic heterocycles. The van der Waals surface area contributed by atoms with Crippen LogP contribution in [-0.2, 0) is 0 Å². The molecule has 6 atom stereocenters. The third kappa shape index (κ3) is 3.70. The van der Waals surface area contributed by atoms with Crippen molar-refractivity contribution in [2.45, 2.75) is 121 Å². The Balaban J connectivity index is 1.40. The topological polar surface area (TPSA) is 24.1 Å². The molecular weight excluding hydrogens is 292 g/mol. The van der Waals surface area contributed by atoms with Crippen LogP contribution in [0.2, 0.25) is 0 Å². The summed E-state index contributed by atoms with van der Waals surface area (Å²) in [6, 6.07) is 3.21. The fourth-order valence-corrected chi connectivity index (χ4v) is 6.58. The van der Waals surface area contributed by atoms with Crippen LogP contribution >= 0.6 is 0 Å². The Morgan fingerprint density at radius 2 is 1.33 bits per heavy atom. The van der Waals surface area contributed by atoms with E-state index in [1.54, 1.807) is 0 Å². The molecule has 6 unspecified atom stereocenters. The first-order valence-corrected chi connectivity index (χ1v) is 11.4. The third-order valence-corrected chi connectivity index (χ3v) is 8.00. The molecule has 0 spiro atoms. The van der Waals surface area contributed by atoms with E-state index in [1.807, 2.05) is 0 Å². The zero-order chi connectivity index (χ0) is 16.4. The van der Waals surface area contributed by atoms with Crippen molar-refractivity contribution in [3.05, 3.63) is 0 Å². The van der Waals surface area contributed by atoms with E-state index in [2.05, 4.69) is 17.6 Å². The second kappa shape index (κ2) is 8.08. The normalized spacial score (nSPS) is 43.9. The van der Waals surface area contributed by atoms with Gasteiger partial charge in [0.15, 0.2) is 0 Å². The largest absolute Gasteiger partial charge is 0.309 e. The molecule has 2 heteroatoms. The number of hydrogen-bond donors (Lipinski definition) is 2. The zero-order valence-corrected chi connectivity index (χ0v) is 15.9. The van der Waals surface area contributed by atoms with Gasteiger partial charge < -0.3 is 10.6 Å². The molecule has 2 N–H and O–H groups in total. The lowest BCUT2D eigenvalue weighted by Gasteiger charge is -2.53. The van der Waals surface area contributed by atoms with E-state index >= 15 is 0 Å². The highest BCUT2D eigenvalue weighted by Crippen LogP contribution is 2.42. The Labute approximate surface area is 149 Å². The van der Waals surface area contributed by atoms with Crippen LogP contribution in [0.3, 0.4) is 0 Å². The van der Waals surface area contributed by atoms with Crippen LogP contribution in [0.1, 0.15) is 96.8 Å². The summed E-state index contributed by atoms with van der Waals surface area (Å²) in [6.45, 7) is 2.33. The molecule has 2 saturated carbocycles. The van der Waals surface area contributed by atoms with Crippen LogP contribution in [0.15, 0.2) is 0 Å². The highest BCUT2D eigenvalue weighted by Gasteiger charge is 2.45. The summed E-state index contributed by atoms with van der Waals surface area (Å²) < 4.78 is 0. The highest BCUT2D eigenvalue weighted by atomic mass is 15.1. The Morgan fingerprint density at radius 1 is 0.667 bits per heavy atom. The van der Waals surface area contributed by atoms with Gasteiger partial charge in [-0.25, -0.2) is 0 Å². The molecule has 4 fully saturated rings. The van der Waals surface area contributed by atoms with Gasteiger partial charge in [-0.1, -0.05) is 39.0 Å². The smallest absolute Gasteiger partial charge is 0.0254 e. The van der Waals surface area contributed by atoms with Crippen molar-refractivity contribution in [2.75, 3.05) is 0 Å². The Bertz CT molecular complexity index is 389. The third-order valence-electron chi connectivity index (χ3n) is 8.00. The predicted octanol–water partition coefficient (Wildman–Crippen LogP) is 5.02. The van der Waals surface area contributed by atoms with Gasteiger partial charge in [-0.15, -0.1) is 0 Å². The summed E-state index contributed by atoms with van der Waals surface area (Å²) in [5, 5.41) is 8.39. The fourth-order valence-electron chi connectivity index (χ4n) is 6.58. The summed E-state index contributed by atoms with van der Waals surface area (Å²) in [7, 11) is 0. The van der Waals surface area contributed by atoms with Gasteiger partial charge in [0.05, 0.1) is 0 Å². The molecule has 0 radical (unpaired) electrons. The number of nitrogens with one attached hydrogen (secondary N) is 2. The van der Waals surface area contributed by atoms with E-state index in [4.69, 9.17) is 0 Å². The molecule has 4 aliphatic rings. The first kappa shape index (κ1) is 17.3. The summed E-state index contributed by atoms with van der Waals surface area (Å²) in [5.74, 6) is 2.91. The molecule has 0 aromatic heterocycles. The van der Waals surface area contributed by atoms with Crippen LogP contribution in [0.25, 0.3) is 0 Å².